The van der Waals surface area contributed by atoms with Gasteiger partial charge in [-0.1, -0.05) is 36.9 Å². The molecule has 4 rings (SSSR count). The quantitative estimate of drug-likeness (QED) is 0.557. The molecule has 2 atom stereocenters. The molecule has 6 nitrogen and oxygen atoms in total. The maximum absolute atomic E-state index is 12.8. The number of aryl methyl sites for hydroxylation is 1. The van der Waals surface area contributed by atoms with Crippen molar-refractivity contribution in [1.82, 2.24) is 9.78 Å². The molecule has 160 valence electrons. The molecule has 1 aliphatic rings. The van der Waals surface area contributed by atoms with Crippen LogP contribution in [-0.4, -0.2) is 34.7 Å². The first-order valence-corrected chi connectivity index (χ1v) is 11.0. The predicted octanol–water partition coefficient (Wildman–Crippen LogP) is 4.92. The number of fused-ring (bicyclic) bond motifs is 1. The van der Waals surface area contributed by atoms with Crippen LogP contribution in [-0.2, 0) is 4.79 Å². The number of carbonyl (C=O) groups excluding carboxylic acids is 1. The van der Waals surface area contributed by atoms with E-state index in [1.54, 1.807) is 24.9 Å². The summed E-state index contributed by atoms with van der Waals surface area (Å²) in [5.41, 5.74) is 3.79. The third kappa shape index (κ3) is 4.05. The number of carbonyl (C=O) groups is 1. The van der Waals surface area contributed by atoms with E-state index in [4.69, 9.17) is 14.6 Å². The summed E-state index contributed by atoms with van der Waals surface area (Å²) < 4.78 is 13.1. The van der Waals surface area contributed by atoms with Gasteiger partial charge in [-0.2, -0.15) is 5.10 Å². The Bertz CT molecular complexity index is 1110. The second kappa shape index (κ2) is 8.89. The summed E-state index contributed by atoms with van der Waals surface area (Å²) in [6.07, 6.45) is 1.70. The van der Waals surface area contributed by atoms with E-state index in [9.17, 15) is 4.79 Å². The number of ether oxygens (including phenoxy) is 2. The molecule has 1 amide bonds. The Labute approximate surface area is 186 Å². The lowest BCUT2D eigenvalue weighted by Crippen LogP contribution is -2.22. The zero-order valence-electron chi connectivity index (χ0n) is 17.8. The molecule has 0 radical (unpaired) electrons. The van der Waals surface area contributed by atoms with E-state index >= 15 is 0 Å². The smallest absolute Gasteiger partial charge is 0.238 e. The zero-order valence-corrected chi connectivity index (χ0v) is 18.6. The van der Waals surface area contributed by atoms with E-state index < -0.39 is 0 Å². The maximum atomic E-state index is 12.8. The fourth-order valence-electron chi connectivity index (χ4n) is 3.64. The molecule has 0 saturated heterocycles. The van der Waals surface area contributed by atoms with E-state index in [2.05, 4.69) is 11.9 Å². The van der Waals surface area contributed by atoms with Gasteiger partial charge in [0, 0.05) is 5.56 Å². The van der Waals surface area contributed by atoms with Gasteiger partial charge < -0.3 is 14.8 Å². The average molecular weight is 436 g/mol. The third-order valence-corrected chi connectivity index (χ3v) is 6.57. The lowest BCUT2D eigenvalue weighted by molar-refractivity contribution is -0.115. The van der Waals surface area contributed by atoms with Gasteiger partial charge in [0.1, 0.15) is 12.4 Å². The van der Waals surface area contributed by atoms with Crippen molar-refractivity contribution in [2.24, 2.45) is 0 Å². The summed E-state index contributed by atoms with van der Waals surface area (Å²) in [6.45, 7) is 7.99. The Hall–Kier alpha value is -3.19. The first-order valence-electron chi connectivity index (χ1n) is 10.1. The Morgan fingerprint density at radius 3 is 2.71 bits per heavy atom. The molecule has 2 heterocycles. The van der Waals surface area contributed by atoms with Gasteiger partial charge in [-0.25, -0.2) is 4.68 Å². The van der Waals surface area contributed by atoms with Crippen molar-refractivity contribution in [2.45, 2.75) is 24.3 Å². The Morgan fingerprint density at radius 2 is 2.00 bits per heavy atom. The normalized spacial score (nSPS) is 18.0. The van der Waals surface area contributed by atoms with E-state index in [1.807, 2.05) is 67.1 Å². The van der Waals surface area contributed by atoms with Crippen molar-refractivity contribution < 1.29 is 14.3 Å². The summed E-state index contributed by atoms with van der Waals surface area (Å²) in [5.74, 6) is 1.97. The van der Waals surface area contributed by atoms with Crippen LogP contribution in [0.2, 0.25) is 0 Å². The van der Waals surface area contributed by atoms with Crippen LogP contribution in [0, 0.1) is 6.92 Å². The van der Waals surface area contributed by atoms with E-state index in [-0.39, 0.29) is 16.4 Å². The monoisotopic (exact) mass is 435 g/mol. The van der Waals surface area contributed by atoms with Crippen molar-refractivity contribution in [3.05, 3.63) is 78.0 Å². The standard InChI is InChI=1S/C24H25N3O3S/c1-5-13-30-19-12-11-17(14-20(19)29-4)22-21-15(2)26-27(18-9-7-6-8-10-18)23(21)25-24(28)16(3)31-22/h5-12,14,16,22H,1,13H2,2-4H3,(H,25,28)/t16-,22-/m1/s1. The summed E-state index contributed by atoms with van der Waals surface area (Å²) in [7, 11) is 1.62. The van der Waals surface area contributed by atoms with Gasteiger partial charge in [0.25, 0.3) is 0 Å². The molecule has 0 unspecified atom stereocenters. The summed E-state index contributed by atoms with van der Waals surface area (Å²) in [5, 5.41) is 7.54. The highest BCUT2D eigenvalue weighted by atomic mass is 32.2. The lowest BCUT2D eigenvalue weighted by atomic mass is 10.0. The van der Waals surface area contributed by atoms with E-state index in [0.717, 1.165) is 22.5 Å². The highest BCUT2D eigenvalue weighted by Gasteiger charge is 2.34. The molecule has 1 N–H and O–H groups in total. The van der Waals surface area contributed by atoms with Gasteiger partial charge >= 0.3 is 0 Å². The Kier molecular flexibility index (Phi) is 6.04. The molecule has 0 fully saturated rings. The van der Waals surface area contributed by atoms with Gasteiger partial charge in [-0.15, -0.1) is 11.8 Å². The first-order chi connectivity index (χ1) is 15.0. The fourth-order valence-corrected chi connectivity index (χ4v) is 4.96. The van der Waals surface area contributed by atoms with E-state index in [0.29, 0.717) is 23.9 Å². The average Bonchev–Trinajstić information content (AvgIpc) is 3.04. The number of rotatable bonds is 6. The van der Waals surface area contributed by atoms with Crippen molar-refractivity contribution in [3.63, 3.8) is 0 Å². The molecule has 2 aromatic carbocycles. The largest absolute Gasteiger partial charge is 0.493 e. The highest BCUT2D eigenvalue weighted by Crippen LogP contribution is 2.47. The second-order valence-electron chi connectivity index (χ2n) is 7.25. The molecule has 1 aliphatic heterocycles. The molecule has 1 aromatic heterocycles. The van der Waals surface area contributed by atoms with Gasteiger partial charge in [0.05, 0.1) is 29.0 Å². The van der Waals surface area contributed by atoms with Crippen LogP contribution in [0.1, 0.15) is 29.0 Å². The van der Waals surface area contributed by atoms with Gasteiger partial charge in [-0.3, -0.25) is 4.79 Å². The number of methoxy groups -OCH3 is 1. The van der Waals surface area contributed by atoms with Crippen LogP contribution in [0.25, 0.3) is 5.69 Å². The van der Waals surface area contributed by atoms with Crippen molar-refractivity contribution >= 4 is 23.5 Å². The predicted molar refractivity (Wildman–Crippen MR) is 125 cm³/mol. The van der Waals surface area contributed by atoms with Crippen LogP contribution >= 0.6 is 11.8 Å². The van der Waals surface area contributed by atoms with Crippen LogP contribution < -0.4 is 14.8 Å². The number of hydrogen-bond acceptors (Lipinski definition) is 5. The number of para-hydroxylation sites is 1. The third-order valence-electron chi connectivity index (χ3n) is 5.17. The fraction of sp³-hybridized carbons (Fsp3) is 0.250. The molecule has 0 bridgehead atoms. The summed E-state index contributed by atoms with van der Waals surface area (Å²) >= 11 is 1.60. The van der Waals surface area contributed by atoms with Gasteiger partial charge in [0.2, 0.25) is 5.91 Å². The molecule has 31 heavy (non-hydrogen) atoms. The highest BCUT2D eigenvalue weighted by molar-refractivity contribution is 8.01. The molecule has 0 spiro atoms. The Morgan fingerprint density at radius 1 is 1.23 bits per heavy atom. The summed E-state index contributed by atoms with van der Waals surface area (Å²) in [6, 6.07) is 15.7. The molecule has 7 heteroatoms. The number of nitrogens with zero attached hydrogens (tertiary/aromatic N) is 2. The number of amides is 1. The van der Waals surface area contributed by atoms with Gasteiger partial charge in [0.15, 0.2) is 11.5 Å². The molecular weight excluding hydrogens is 410 g/mol. The molecule has 0 saturated carbocycles. The number of hydrogen-bond donors (Lipinski definition) is 1. The minimum Gasteiger partial charge on any atom is -0.493 e. The summed E-state index contributed by atoms with van der Waals surface area (Å²) in [4.78, 5) is 12.8. The SMILES string of the molecule is C=CCOc1ccc([C@H]2S[C@H](C)C(=O)Nc3c2c(C)nn3-c2ccccc2)cc1OC. The lowest BCUT2D eigenvalue weighted by Gasteiger charge is -2.19. The Balaban J connectivity index is 1.84. The maximum Gasteiger partial charge on any atom is 0.238 e. The van der Waals surface area contributed by atoms with Crippen LogP contribution in [0.3, 0.4) is 0 Å². The van der Waals surface area contributed by atoms with Crippen molar-refractivity contribution in [1.29, 1.82) is 0 Å². The minimum atomic E-state index is -0.233. The number of anilines is 1. The van der Waals surface area contributed by atoms with Crippen molar-refractivity contribution in [3.8, 4) is 17.2 Å². The first kappa shape index (κ1) is 21.1. The zero-order chi connectivity index (χ0) is 22.0. The van der Waals surface area contributed by atoms with Crippen LogP contribution in [0.4, 0.5) is 5.82 Å². The van der Waals surface area contributed by atoms with Crippen LogP contribution in [0.15, 0.2) is 61.2 Å². The number of aromatic nitrogens is 2. The number of thioether (sulfide) groups is 1. The van der Waals surface area contributed by atoms with Crippen LogP contribution in [0.5, 0.6) is 11.5 Å². The molecule has 0 aliphatic carbocycles. The second-order valence-corrected chi connectivity index (χ2v) is 8.70. The molecular formula is C24H25N3O3S. The van der Waals surface area contributed by atoms with Crippen molar-refractivity contribution in [2.75, 3.05) is 19.0 Å². The number of nitrogens with one attached hydrogen (secondary N) is 1. The topological polar surface area (TPSA) is 65.4 Å². The minimum absolute atomic E-state index is 0.0382. The number of benzene rings is 2. The molecule has 3 aromatic rings. The van der Waals surface area contributed by atoms with Gasteiger partial charge in [-0.05, 0) is 43.7 Å². The van der Waals surface area contributed by atoms with E-state index in [1.165, 1.54) is 0 Å².